The van der Waals surface area contributed by atoms with E-state index in [9.17, 15) is 5.11 Å². The van der Waals surface area contributed by atoms with E-state index < -0.39 is 0 Å². The lowest BCUT2D eigenvalue weighted by Crippen LogP contribution is -2.10. The highest BCUT2D eigenvalue weighted by Crippen LogP contribution is 2.26. The fraction of sp³-hybridized carbons (Fsp3) is 0.667. The van der Waals surface area contributed by atoms with Gasteiger partial charge in [0, 0.05) is 5.38 Å². The molecule has 68 valence electrons. The molecule has 0 bridgehead atoms. The zero-order valence-corrected chi connectivity index (χ0v) is 8.34. The van der Waals surface area contributed by atoms with Crippen molar-refractivity contribution in [1.82, 2.24) is 4.98 Å². The summed E-state index contributed by atoms with van der Waals surface area (Å²) in [7, 11) is 0. The number of thiazole rings is 1. The van der Waals surface area contributed by atoms with E-state index >= 15 is 0 Å². The van der Waals surface area contributed by atoms with Gasteiger partial charge in [-0.15, -0.1) is 11.3 Å². The van der Waals surface area contributed by atoms with E-state index in [2.05, 4.69) is 18.8 Å². The number of rotatable bonds is 4. The maximum Gasteiger partial charge on any atom is 0.0996 e. The minimum Gasteiger partial charge on any atom is -0.386 e. The summed E-state index contributed by atoms with van der Waals surface area (Å²) in [5, 5.41) is 11.7. The van der Waals surface area contributed by atoms with E-state index in [0.717, 1.165) is 18.5 Å². The van der Waals surface area contributed by atoms with Gasteiger partial charge in [0.25, 0.3) is 0 Å². The molecule has 1 N–H and O–H groups in total. The van der Waals surface area contributed by atoms with Gasteiger partial charge in [-0.25, -0.2) is 4.98 Å². The Bertz CT molecular complexity index is 206. The molecule has 0 aliphatic carbocycles. The second-order valence-electron chi connectivity index (χ2n) is 2.93. The summed E-state index contributed by atoms with van der Waals surface area (Å²) in [6.07, 6.45) is 1.65. The van der Waals surface area contributed by atoms with Crippen molar-refractivity contribution >= 4 is 11.3 Å². The van der Waals surface area contributed by atoms with E-state index in [1.54, 1.807) is 5.51 Å². The monoisotopic (exact) mass is 185 g/mol. The lowest BCUT2D eigenvalue weighted by atomic mass is 9.95. The number of aliphatic hydroxyl groups is 1. The first kappa shape index (κ1) is 9.68. The van der Waals surface area contributed by atoms with Crippen molar-refractivity contribution in [3.63, 3.8) is 0 Å². The first-order valence-corrected chi connectivity index (χ1v) is 5.30. The summed E-state index contributed by atoms with van der Waals surface area (Å²) in [6, 6.07) is 0. The van der Waals surface area contributed by atoms with Gasteiger partial charge in [0.05, 0.1) is 17.3 Å². The Morgan fingerprint density at radius 1 is 1.50 bits per heavy atom. The van der Waals surface area contributed by atoms with Crippen LogP contribution in [0.15, 0.2) is 10.9 Å². The Labute approximate surface area is 77.3 Å². The van der Waals surface area contributed by atoms with Gasteiger partial charge in [-0.05, 0) is 5.92 Å². The topological polar surface area (TPSA) is 33.1 Å². The van der Waals surface area contributed by atoms with Gasteiger partial charge < -0.3 is 5.11 Å². The van der Waals surface area contributed by atoms with Crippen molar-refractivity contribution in [2.24, 2.45) is 5.92 Å². The Kier molecular flexibility index (Phi) is 3.69. The molecule has 1 unspecified atom stereocenters. The van der Waals surface area contributed by atoms with E-state index in [-0.39, 0.29) is 6.10 Å². The van der Waals surface area contributed by atoms with Crippen LogP contribution >= 0.6 is 11.3 Å². The molecule has 0 aliphatic rings. The Morgan fingerprint density at radius 2 is 2.17 bits per heavy atom. The molecular formula is C9H15NOS. The molecule has 1 atom stereocenters. The van der Waals surface area contributed by atoms with Crippen LogP contribution in [0.1, 0.15) is 38.5 Å². The molecule has 0 saturated heterocycles. The van der Waals surface area contributed by atoms with Gasteiger partial charge >= 0.3 is 0 Å². The van der Waals surface area contributed by atoms with Gasteiger partial charge in [0.2, 0.25) is 0 Å². The average Bonchev–Trinajstić information content (AvgIpc) is 2.58. The zero-order valence-electron chi connectivity index (χ0n) is 7.53. The predicted molar refractivity (Wildman–Crippen MR) is 51.1 cm³/mol. The molecule has 1 heterocycles. The smallest absolute Gasteiger partial charge is 0.0996 e. The normalized spacial score (nSPS) is 13.7. The fourth-order valence-corrected chi connectivity index (χ4v) is 1.93. The lowest BCUT2D eigenvalue weighted by molar-refractivity contribution is 0.0997. The number of aliphatic hydroxyl groups excluding tert-OH is 1. The van der Waals surface area contributed by atoms with Crippen LogP contribution in [0.25, 0.3) is 0 Å². The van der Waals surface area contributed by atoms with Gasteiger partial charge in [0.1, 0.15) is 0 Å². The quantitative estimate of drug-likeness (QED) is 0.782. The highest BCUT2D eigenvalue weighted by Gasteiger charge is 2.18. The standard InChI is InChI=1S/C9H15NOS/c1-3-7(4-2)9(11)8-5-12-6-10-8/h5-7,9,11H,3-4H2,1-2H3. The van der Waals surface area contributed by atoms with Crippen LogP contribution < -0.4 is 0 Å². The molecule has 0 aliphatic heterocycles. The third-order valence-electron chi connectivity index (χ3n) is 2.25. The third-order valence-corrected chi connectivity index (χ3v) is 2.85. The van der Waals surface area contributed by atoms with Crippen LogP contribution in [0.2, 0.25) is 0 Å². The summed E-state index contributed by atoms with van der Waals surface area (Å²) >= 11 is 1.54. The molecule has 2 nitrogen and oxygen atoms in total. The van der Waals surface area contributed by atoms with Crippen molar-refractivity contribution in [2.75, 3.05) is 0 Å². The molecule has 0 radical (unpaired) electrons. The first-order chi connectivity index (χ1) is 5.79. The molecule has 0 fully saturated rings. The molecule has 0 spiro atoms. The molecule has 1 aromatic heterocycles. The van der Waals surface area contributed by atoms with Crippen molar-refractivity contribution in [2.45, 2.75) is 32.8 Å². The van der Waals surface area contributed by atoms with E-state index in [0.29, 0.717) is 5.92 Å². The summed E-state index contributed by atoms with van der Waals surface area (Å²) in [5.41, 5.74) is 2.59. The van der Waals surface area contributed by atoms with Crippen LogP contribution in [0.5, 0.6) is 0 Å². The van der Waals surface area contributed by atoms with Crippen molar-refractivity contribution in [3.8, 4) is 0 Å². The number of aromatic nitrogens is 1. The third kappa shape index (κ3) is 2.05. The van der Waals surface area contributed by atoms with Crippen LogP contribution in [0.4, 0.5) is 0 Å². The minimum absolute atomic E-state index is 0.354. The second kappa shape index (κ2) is 4.58. The summed E-state index contributed by atoms with van der Waals surface area (Å²) in [5.74, 6) is 0.354. The Hall–Kier alpha value is -0.410. The fourth-order valence-electron chi connectivity index (χ4n) is 1.34. The minimum atomic E-state index is -0.369. The van der Waals surface area contributed by atoms with Crippen molar-refractivity contribution in [1.29, 1.82) is 0 Å². The van der Waals surface area contributed by atoms with Gasteiger partial charge in [-0.2, -0.15) is 0 Å². The number of hydrogen-bond donors (Lipinski definition) is 1. The summed E-state index contributed by atoms with van der Waals surface area (Å²) in [6.45, 7) is 4.20. The molecule has 1 rings (SSSR count). The SMILES string of the molecule is CCC(CC)C(O)c1cscn1. The lowest BCUT2D eigenvalue weighted by Gasteiger charge is -2.17. The average molecular weight is 185 g/mol. The Morgan fingerprint density at radius 3 is 2.58 bits per heavy atom. The molecule has 1 aromatic rings. The molecule has 3 heteroatoms. The van der Waals surface area contributed by atoms with Crippen LogP contribution in [0, 0.1) is 5.92 Å². The van der Waals surface area contributed by atoms with E-state index in [4.69, 9.17) is 0 Å². The van der Waals surface area contributed by atoms with Gasteiger partial charge in [-0.1, -0.05) is 26.7 Å². The number of hydrogen-bond acceptors (Lipinski definition) is 3. The van der Waals surface area contributed by atoms with Gasteiger partial charge in [-0.3, -0.25) is 0 Å². The highest BCUT2D eigenvalue weighted by atomic mass is 32.1. The second-order valence-corrected chi connectivity index (χ2v) is 3.65. The van der Waals surface area contributed by atoms with E-state index in [1.807, 2.05) is 5.38 Å². The van der Waals surface area contributed by atoms with Crippen molar-refractivity contribution < 1.29 is 5.11 Å². The molecule has 0 aromatic carbocycles. The van der Waals surface area contributed by atoms with Crippen molar-refractivity contribution in [3.05, 3.63) is 16.6 Å². The first-order valence-electron chi connectivity index (χ1n) is 4.35. The summed E-state index contributed by atoms with van der Waals surface area (Å²) in [4.78, 5) is 4.10. The maximum atomic E-state index is 9.81. The molecule has 12 heavy (non-hydrogen) atoms. The number of nitrogens with zero attached hydrogens (tertiary/aromatic N) is 1. The largest absolute Gasteiger partial charge is 0.386 e. The highest BCUT2D eigenvalue weighted by molar-refractivity contribution is 7.07. The van der Waals surface area contributed by atoms with Crippen LogP contribution in [-0.2, 0) is 0 Å². The maximum absolute atomic E-state index is 9.81. The molecule has 0 amide bonds. The molecule has 0 saturated carbocycles. The van der Waals surface area contributed by atoms with Gasteiger partial charge in [0.15, 0.2) is 0 Å². The van der Waals surface area contributed by atoms with E-state index in [1.165, 1.54) is 11.3 Å². The van der Waals surface area contributed by atoms with Crippen LogP contribution in [0.3, 0.4) is 0 Å². The zero-order chi connectivity index (χ0) is 8.97. The van der Waals surface area contributed by atoms with Crippen LogP contribution in [-0.4, -0.2) is 10.1 Å². The summed E-state index contributed by atoms with van der Waals surface area (Å²) < 4.78 is 0. The Balaban J connectivity index is 2.63. The molecular weight excluding hydrogens is 170 g/mol. The predicted octanol–water partition coefficient (Wildman–Crippen LogP) is 2.61.